The van der Waals surface area contributed by atoms with Gasteiger partial charge in [-0.3, -0.25) is 9.59 Å². The number of nitrogens with one attached hydrogen (secondary N) is 2. The first-order valence-corrected chi connectivity index (χ1v) is 8.40. The van der Waals surface area contributed by atoms with E-state index < -0.39 is 0 Å². The van der Waals surface area contributed by atoms with Gasteiger partial charge >= 0.3 is 0 Å². The fourth-order valence-corrected chi connectivity index (χ4v) is 2.20. The van der Waals surface area contributed by atoms with Crippen molar-refractivity contribution in [2.75, 3.05) is 19.7 Å². The van der Waals surface area contributed by atoms with Crippen LogP contribution in [-0.4, -0.2) is 31.5 Å². The lowest BCUT2D eigenvalue weighted by atomic mass is 10.2. The van der Waals surface area contributed by atoms with Crippen molar-refractivity contribution >= 4 is 39.3 Å². The Kier molecular flexibility index (Phi) is 7.08. The summed E-state index contributed by atoms with van der Waals surface area (Å²) in [7, 11) is 0. The second-order valence-corrected chi connectivity index (χ2v) is 6.21. The van der Waals surface area contributed by atoms with E-state index in [0.717, 1.165) is 4.47 Å². The summed E-state index contributed by atoms with van der Waals surface area (Å²) in [5.74, 6) is 0.120. The first-order valence-electron chi connectivity index (χ1n) is 7.23. The van der Waals surface area contributed by atoms with Gasteiger partial charge in [-0.25, -0.2) is 0 Å². The quantitative estimate of drug-likeness (QED) is 0.688. The van der Waals surface area contributed by atoms with Gasteiger partial charge in [0.1, 0.15) is 5.75 Å². The van der Waals surface area contributed by atoms with Crippen molar-refractivity contribution in [2.45, 2.75) is 0 Å². The molecule has 0 aliphatic rings. The molecular formula is C17H16BrClN2O3. The summed E-state index contributed by atoms with van der Waals surface area (Å²) in [5, 5.41) is 6.00. The Morgan fingerprint density at radius 3 is 2.25 bits per heavy atom. The molecule has 5 nitrogen and oxygen atoms in total. The van der Waals surface area contributed by atoms with Gasteiger partial charge in [0.05, 0.1) is 0 Å². The van der Waals surface area contributed by atoms with Gasteiger partial charge in [0.15, 0.2) is 6.61 Å². The van der Waals surface area contributed by atoms with Crippen molar-refractivity contribution in [1.29, 1.82) is 0 Å². The number of carbonyl (C=O) groups excluding carboxylic acids is 2. The minimum atomic E-state index is -0.261. The van der Waals surface area contributed by atoms with E-state index in [1.54, 1.807) is 48.5 Å². The van der Waals surface area contributed by atoms with Gasteiger partial charge in [-0.1, -0.05) is 27.5 Å². The number of benzene rings is 2. The third kappa shape index (κ3) is 6.22. The van der Waals surface area contributed by atoms with Crippen LogP contribution >= 0.6 is 27.5 Å². The fraction of sp³-hybridized carbons (Fsp3) is 0.176. The average molecular weight is 412 g/mol. The summed E-state index contributed by atoms with van der Waals surface area (Å²) in [6.07, 6.45) is 0. The average Bonchev–Trinajstić information content (AvgIpc) is 2.58. The topological polar surface area (TPSA) is 67.4 Å². The molecule has 0 radical (unpaired) electrons. The second-order valence-electron chi connectivity index (χ2n) is 4.86. The Labute approximate surface area is 153 Å². The normalized spacial score (nSPS) is 10.1. The third-order valence-corrected chi connectivity index (χ3v) is 3.80. The molecule has 0 heterocycles. The first-order chi connectivity index (χ1) is 11.5. The van der Waals surface area contributed by atoms with Gasteiger partial charge in [-0.2, -0.15) is 0 Å². The van der Waals surface area contributed by atoms with Gasteiger partial charge in [-0.15, -0.1) is 0 Å². The van der Waals surface area contributed by atoms with E-state index in [0.29, 0.717) is 29.4 Å². The van der Waals surface area contributed by atoms with Crippen LogP contribution in [0.4, 0.5) is 0 Å². The fourth-order valence-electron chi connectivity index (χ4n) is 1.81. The molecule has 0 spiro atoms. The van der Waals surface area contributed by atoms with Crippen LogP contribution in [0.25, 0.3) is 0 Å². The van der Waals surface area contributed by atoms with Gasteiger partial charge in [0.2, 0.25) is 0 Å². The number of hydrogen-bond donors (Lipinski definition) is 2. The first kappa shape index (κ1) is 18.3. The van der Waals surface area contributed by atoms with Crippen LogP contribution in [0.3, 0.4) is 0 Å². The number of halogens is 2. The number of carbonyl (C=O) groups is 2. The van der Waals surface area contributed by atoms with E-state index in [1.165, 1.54) is 0 Å². The highest BCUT2D eigenvalue weighted by molar-refractivity contribution is 9.10. The van der Waals surface area contributed by atoms with Crippen LogP contribution in [0.1, 0.15) is 10.4 Å². The van der Waals surface area contributed by atoms with E-state index in [2.05, 4.69) is 26.6 Å². The van der Waals surface area contributed by atoms with Crippen LogP contribution in [0.5, 0.6) is 5.75 Å². The van der Waals surface area contributed by atoms with Crippen LogP contribution in [0.15, 0.2) is 53.0 Å². The van der Waals surface area contributed by atoms with E-state index in [4.69, 9.17) is 16.3 Å². The molecule has 0 bridgehead atoms. The Bertz CT molecular complexity index is 690. The van der Waals surface area contributed by atoms with Crippen LogP contribution in [0.2, 0.25) is 5.02 Å². The van der Waals surface area contributed by atoms with Crippen molar-refractivity contribution in [3.63, 3.8) is 0 Å². The SMILES string of the molecule is O=C(COc1ccc(Cl)cc1)NCCNC(=O)c1ccc(Br)cc1. The zero-order valence-electron chi connectivity index (χ0n) is 12.7. The van der Waals surface area contributed by atoms with E-state index in [-0.39, 0.29) is 18.4 Å². The van der Waals surface area contributed by atoms with Crippen LogP contribution in [-0.2, 0) is 4.79 Å². The maximum absolute atomic E-state index is 11.9. The lowest BCUT2D eigenvalue weighted by Crippen LogP contribution is -2.36. The highest BCUT2D eigenvalue weighted by Crippen LogP contribution is 2.15. The summed E-state index contributed by atoms with van der Waals surface area (Å²) in [5.41, 5.74) is 0.565. The van der Waals surface area contributed by atoms with Crippen molar-refractivity contribution in [3.05, 3.63) is 63.6 Å². The lowest BCUT2D eigenvalue weighted by Gasteiger charge is -2.08. The molecule has 126 valence electrons. The Morgan fingerprint density at radius 2 is 1.58 bits per heavy atom. The summed E-state index contributed by atoms with van der Waals surface area (Å²) in [6.45, 7) is 0.564. The molecule has 24 heavy (non-hydrogen) atoms. The molecule has 0 fully saturated rings. The maximum atomic E-state index is 11.9. The summed E-state index contributed by atoms with van der Waals surface area (Å²) < 4.78 is 6.23. The van der Waals surface area contributed by atoms with Gasteiger partial charge in [0, 0.05) is 28.1 Å². The molecule has 2 rings (SSSR count). The lowest BCUT2D eigenvalue weighted by molar-refractivity contribution is -0.123. The molecule has 0 unspecified atom stereocenters. The van der Waals surface area contributed by atoms with Crippen LogP contribution < -0.4 is 15.4 Å². The van der Waals surface area contributed by atoms with E-state index in [9.17, 15) is 9.59 Å². The molecule has 2 amide bonds. The Morgan fingerprint density at radius 1 is 0.958 bits per heavy atom. The van der Waals surface area contributed by atoms with Gasteiger partial charge in [-0.05, 0) is 48.5 Å². The van der Waals surface area contributed by atoms with E-state index >= 15 is 0 Å². The molecule has 0 aromatic heterocycles. The third-order valence-electron chi connectivity index (χ3n) is 3.02. The highest BCUT2D eigenvalue weighted by Gasteiger charge is 2.05. The van der Waals surface area contributed by atoms with Crippen molar-refractivity contribution in [1.82, 2.24) is 10.6 Å². The molecule has 2 aromatic rings. The highest BCUT2D eigenvalue weighted by atomic mass is 79.9. The standard InChI is InChI=1S/C17H16BrClN2O3/c18-13-3-1-12(2-4-13)17(23)21-10-9-20-16(22)11-24-15-7-5-14(19)6-8-15/h1-8H,9-11H2,(H,20,22)(H,21,23). The monoisotopic (exact) mass is 410 g/mol. The molecule has 0 atom stereocenters. The smallest absolute Gasteiger partial charge is 0.258 e. The number of amides is 2. The zero-order chi connectivity index (χ0) is 17.4. The molecule has 0 aliphatic heterocycles. The van der Waals surface area contributed by atoms with Crippen molar-refractivity contribution in [3.8, 4) is 5.75 Å². The predicted octanol–water partition coefficient (Wildman–Crippen LogP) is 3.03. The van der Waals surface area contributed by atoms with Gasteiger partial charge in [0.25, 0.3) is 11.8 Å². The predicted molar refractivity (Wildman–Crippen MR) is 96.4 cm³/mol. The molecule has 7 heteroatoms. The second kappa shape index (κ2) is 9.30. The molecule has 2 aromatic carbocycles. The van der Waals surface area contributed by atoms with Gasteiger partial charge < -0.3 is 15.4 Å². The molecular weight excluding hydrogens is 396 g/mol. The molecule has 0 aliphatic carbocycles. The minimum absolute atomic E-state index is 0.0949. The van der Waals surface area contributed by atoms with E-state index in [1.807, 2.05) is 0 Å². The number of ether oxygens (including phenoxy) is 1. The molecule has 0 saturated heterocycles. The number of hydrogen-bond acceptors (Lipinski definition) is 3. The summed E-state index contributed by atoms with van der Waals surface area (Å²) in [4.78, 5) is 23.5. The summed E-state index contributed by atoms with van der Waals surface area (Å²) >= 11 is 9.08. The maximum Gasteiger partial charge on any atom is 0.258 e. The van der Waals surface area contributed by atoms with Crippen LogP contribution in [0, 0.1) is 0 Å². The zero-order valence-corrected chi connectivity index (χ0v) is 15.1. The molecule has 0 saturated carbocycles. The summed E-state index contributed by atoms with van der Waals surface area (Å²) in [6, 6.07) is 13.8. The molecule has 2 N–H and O–H groups in total. The van der Waals surface area contributed by atoms with Crippen molar-refractivity contribution in [2.24, 2.45) is 0 Å². The Hall–Kier alpha value is -2.05. The minimum Gasteiger partial charge on any atom is -0.484 e. The largest absolute Gasteiger partial charge is 0.484 e. The Balaban J connectivity index is 1.63. The van der Waals surface area contributed by atoms with Crippen molar-refractivity contribution < 1.29 is 14.3 Å². The number of rotatable bonds is 7.